The lowest BCUT2D eigenvalue weighted by Crippen LogP contribution is -2.29. The van der Waals surface area contributed by atoms with E-state index in [0.717, 1.165) is 5.56 Å². The average Bonchev–Trinajstić information content (AvgIpc) is 3.02. The highest BCUT2D eigenvalue weighted by atomic mass is 16.5. The van der Waals surface area contributed by atoms with E-state index in [1.807, 2.05) is 44.2 Å². The van der Waals surface area contributed by atoms with E-state index in [9.17, 15) is 9.59 Å². The van der Waals surface area contributed by atoms with Crippen LogP contribution in [0.5, 0.6) is 0 Å². The molecular weight excluding hydrogens is 296 g/mol. The largest absolute Gasteiger partial charge is 0.481 e. The summed E-state index contributed by atoms with van der Waals surface area (Å²) in [5.41, 5.74) is 1.06. The second-order valence-corrected chi connectivity index (χ2v) is 5.64. The van der Waals surface area contributed by atoms with Gasteiger partial charge in [-0.25, -0.2) is 0 Å². The molecule has 122 valence electrons. The van der Waals surface area contributed by atoms with Crippen molar-refractivity contribution < 1.29 is 19.2 Å². The first-order valence-corrected chi connectivity index (χ1v) is 7.51. The maximum atomic E-state index is 12.3. The molecule has 1 aromatic carbocycles. The molecule has 2 N–H and O–H groups in total. The van der Waals surface area contributed by atoms with Crippen LogP contribution in [0.2, 0.25) is 0 Å². The van der Waals surface area contributed by atoms with Crippen LogP contribution in [0.3, 0.4) is 0 Å². The lowest BCUT2D eigenvalue weighted by Gasteiger charge is -2.17. The molecule has 0 saturated heterocycles. The van der Waals surface area contributed by atoms with Crippen LogP contribution in [0, 0.1) is 0 Å². The van der Waals surface area contributed by atoms with E-state index in [-0.39, 0.29) is 30.0 Å². The van der Waals surface area contributed by atoms with Crippen LogP contribution in [0.25, 0.3) is 0 Å². The van der Waals surface area contributed by atoms with E-state index in [0.29, 0.717) is 12.2 Å². The Labute approximate surface area is 134 Å². The Balaban J connectivity index is 2.12. The predicted molar refractivity (Wildman–Crippen MR) is 84.1 cm³/mol. The molecule has 1 atom stereocenters. The highest BCUT2D eigenvalue weighted by Crippen LogP contribution is 2.20. The van der Waals surface area contributed by atoms with Gasteiger partial charge in [0, 0.05) is 18.4 Å². The number of nitrogens with one attached hydrogen (secondary N) is 1. The van der Waals surface area contributed by atoms with E-state index in [2.05, 4.69) is 10.5 Å². The third kappa shape index (κ3) is 4.67. The fraction of sp³-hybridized carbons (Fsp3) is 0.353. The van der Waals surface area contributed by atoms with E-state index >= 15 is 0 Å². The Bertz CT molecular complexity index is 664. The first-order valence-electron chi connectivity index (χ1n) is 7.51. The van der Waals surface area contributed by atoms with Crippen LogP contribution in [0.1, 0.15) is 60.5 Å². The van der Waals surface area contributed by atoms with Crippen molar-refractivity contribution in [2.24, 2.45) is 0 Å². The van der Waals surface area contributed by atoms with Crippen molar-refractivity contribution in [2.45, 2.75) is 38.6 Å². The van der Waals surface area contributed by atoms with Gasteiger partial charge in [0.15, 0.2) is 5.69 Å². The summed E-state index contributed by atoms with van der Waals surface area (Å²) >= 11 is 0. The smallest absolute Gasteiger partial charge is 0.303 e. The van der Waals surface area contributed by atoms with Crippen molar-refractivity contribution in [1.29, 1.82) is 0 Å². The Morgan fingerprint density at radius 3 is 2.52 bits per heavy atom. The van der Waals surface area contributed by atoms with Gasteiger partial charge in [0.25, 0.3) is 5.91 Å². The summed E-state index contributed by atoms with van der Waals surface area (Å²) in [6.07, 6.45) is 0.274. The summed E-state index contributed by atoms with van der Waals surface area (Å²) in [4.78, 5) is 23.2. The number of carboxylic acid groups (broad SMARTS) is 1. The number of carbonyl (C=O) groups excluding carboxylic acids is 1. The van der Waals surface area contributed by atoms with Crippen molar-refractivity contribution in [3.05, 3.63) is 53.4 Å². The molecule has 1 unspecified atom stereocenters. The standard InChI is InChI=1S/C17H20N2O4/c1-11(2)15-10-14(19-23-15)17(22)18-13(8-9-16(20)21)12-6-4-3-5-7-12/h3-7,10-11,13H,8-9H2,1-2H3,(H,18,22)(H,20,21). The minimum atomic E-state index is -0.899. The van der Waals surface area contributed by atoms with Crippen LogP contribution in [0.4, 0.5) is 0 Å². The highest BCUT2D eigenvalue weighted by molar-refractivity contribution is 5.92. The molecule has 0 saturated carbocycles. The molecule has 0 aliphatic rings. The first-order chi connectivity index (χ1) is 11.0. The monoisotopic (exact) mass is 316 g/mol. The lowest BCUT2D eigenvalue weighted by molar-refractivity contribution is -0.137. The number of benzene rings is 1. The minimum absolute atomic E-state index is 0.0318. The van der Waals surface area contributed by atoms with Gasteiger partial charge in [-0.2, -0.15) is 0 Å². The third-order valence-electron chi connectivity index (χ3n) is 3.48. The van der Waals surface area contributed by atoms with E-state index < -0.39 is 5.97 Å². The van der Waals surface area contributed by atoms with Gasteiger partial charge in [-0.3, -0.25) is 9.59 Å². The van der Waals surface area contributed by atoms with Crippen molar-refractivity contribution in [1.82, 2.24) is 10.5 Å². The maximum Gasteiger partial charge on any atom is 0.303 e. The van der Waals surface area contributed by atoms with Gasteiger partial charge in [-0.1, -0.05) is 49.3 Å². The third-order valence-corrected chi connectivity index (χ3v) is 3.48. The molecule has 1 aromatic heterocycles. The van der Waals surface area contributed by atoms with Gasteiger partial charge in [0.2, 0.25) is 0 Å². The second kappa shape index (κ2) is 7.58. The Morgan fingerprint density at radius 2 is 1.96 bits per heavy atom. The molecule has 2 rings (SSSR count). The summed E-state index contributed by atoms with van der Waals surface area (Å²) in [6, 6.07) is 10.5. The van der Waals surface area contributed by atoms with Crippen molar-refractivity contribution in [3.63, 3.8) is 0 Å². The van der Waals surface area contributed by atoms with Crippen LogP contribution < -0.4 is 5.32 Å². The fourth-order valence-electron chi connectivity index (χ4n) is 2.18. The first kappa shape index (κ1) is 16.7. The van der Waals surface area contributed by atoms with E-state index in [1.165, 1.54) is 0 Å². The summed E-state index contributed by atoms with van der Waals surface area (Å²) in [6.45, 7) is 3.89. The molecule has 1 amide bonds. The lowest BCUT2D eigenvalue weighted by atomic mass is 10.0. The number of carbonyl (C=O) groups is 2. The molecule has 23 heavy (non-hydrogen) atoms. The Kier molecular flexibility index (Phi) is 5.51. The number of nitrogens with zero attached hydrogens (tertiary/aromatic N) is 1. The molecule has 1 heterocycles. The summed E-state index contributed by atoms with van der Waals surface area (Å²) in [5.74, 6) is -0.499. The molecular formula is C17H20N2O4. The number of amides is 1. The fourth-order valence-corrected chi connectivity index (χ4v) is 2.18. The second-order valence-electron chi connectivity index (χ2n) is 5.64. The van der Waals surface area contributed by atoms with Gasteiger partial charge in [0.05, 0.1) is 6.04 Å². The topological polar surface area (TPSA) is 92.4 Å². The summed E-state index contributed by atoms with van der Waals surface area (Å²) in [7, 11) is 0. The molecule has 6 heteroatoms. The quantitative estimate of drug-likeness (QED) is 0.818. The minimum Gasteiger partial charge on any atom is -0.481 e. The number of rotatable bonds is 7. The Morgan fingerprint density at radius 1 is 1.26 bits per heavy atom. The zero-order valence-electron chi connectivity index (χ0n) is 13.2. The van der Waals surface area contributed by atoms with Gasteiger partial charge in [-0.15, -0.1) is 0 Å². The molecule has 0 spiro atoms. The van der Waals surface area contributed by atoms with E-state index in [1.54, 1.807) is 6.07 Å². The normalized spacial score (nSPS) is 12.1. The van der Waals surface area contributed by atoms with Crippen molar-refractivity contribution in [3.8, 4) is 0 Å². The van der Waals surface area contributed by atoms with Crippen LogP contribution >= 0.6 is 0 Å². The van der Waals surface area contributed by atoms with E-state index in [4.69, 9.17) is 9.63 Å². The SMILES string of the molecule is CC(C)c1cc(C(=O)NC(CCC(=O)O)c2ccccc2)no1. The van der Waals surface area contributed by atoms with Crippen molar-refractivity contribution in [2.75, 3.05) is 0 Å². The number of hydrogen-bond acceptors (Lipinski definition) is 4. The van der Waals surface area contributed by atoms with Gasteiger partial charge < -0.3 is 14.9 Å². The zero-order chi connectivity index (χ0) is 16.8. The highest BCUT2D eigenvalue weighted by Gasteiger charge is 2.20. The summed E-state index contributed by atoms with van der Waals surface area (Å²) < 4.78 is 5.13. The Hall–Kier alpha value is -2.63. The zero-order valence-corrected chi connectivity index (χ0v) is 13.2. The van der Waals surface area contributed by atoms with Crippen LogP contribution in [0.15, 0.2) is 40.9 Å². The van der Waals surface area contributed by atoms with Gasteiger partial charge in [-0.05, 0) is 12.0 Å². The maximum absolute atomic E-state index is 12.3. The molecule has 6 nitrogen and oxygen atoms in total. The number of aromatic nitrogens is 1. The summed E-state index contributed by atoms with van der Waals surface area (Å²) in [5, 5.41) is 15.5. The predicted octanol–water partition coefficient (Wildman–Crippen LogP) is 3.13. The average molecular weight is 316 g/mol. The van der Waals surface area contributed by atoms with Crippen LogP contribution in [-0.4, -0.2) is 22.1 Å². The number of hydrogen-bond donors (Lipinski definition) is 2. The molecule has 0 bridgehead atoms. The molecule has 0 fully saturated rings. The van der Waals surface area contributed by atoms with Gasteiger partial charge in [0.1, 0.15) is 5.76 Å². The molecule has 0 radical (unpaired) electrons. The molecule has 2 aromatic rings. The molecule has 0 aliphatic heterocycles. The molecule has 0 aliphatic carbocycles. The number of carboxylic acids is 1. The number of aliphatic carboxylic acids is 1. The van der Waals surface area contributed by atoms with Gasteiger partial charge >= 0.3 is 5.97 Å². The van der Waals surface area contributed by atoms with Crippen LogP contribution in [-0.2, 0) is 4.79 Å². The van der Waals surface area contributed by atoms with Crippen molar-refractivity contribution >= 4 is 11.9 Å².